The molecule has 0 bridgehead atoms. The summed E-state index contributed by atoms with van der Waals surface area (Å²) in [5.74, 6) is 1.73. The molecule has 30 heavy (non-hydrogen) atoms. The third-order valence-electron chi connectivity index (χ3n) is 5.24. The number of para-hydroxylation sites is 1. The van der Waals surface area contributed by atoms with Gasteiger partial charge in [0.05, 0.1) is 11.4 Å². The maximum absolute atomic E-state index is 14.8. The molecule has 1 fully saturated rings. The number of hydrogen-bond acceptors (Lipinski definition) is 6. The van der Waals surface area contributed by atoms with Crippen LogP contribution in [-0.2, 0) is 0 Å². The summed E-state index contributed by atoms with van der Waals surface area (Å²) in [5, 5.41) is 6.54. The maximum Gasteiger partial charge on any atom is 0.164 e. The Hall–Kier alpha value is -3.52. The largest absolute Gasteiger partial charge is 0.457 e. The van der Waals surface area contributed by atoms with Crippen LogP contribution >= 0.6 is 0 Å². The normalized spacial score (nSPS) is 20.2. The highest BCUT2D eigenvalue weighted by Crippen LogP contribution is 2.35. The van der Waals surface area contributed by atoms with E-state index in [4.69, 9.17) is 17.0 Å². The summed E-state index contributed by atoms with van der Waals surface area (Å²) in [6.45, 7) is 0.501. The molecule has 0 saturated carbocycles. The summed E-state index contributed by atoms with van der Waals surface area (Å²) in [6.07, 6.45) is 0.609. The smallest absolute Gasteiger partial charge is 0.164 e. The van der Waals surface area contributed by atoms with Gasteiger partial charge in [-0.05, 0) is 49.4 Å². The van der Waals surface area contributed by atoms with E-state index in [0.29, 0.717) is 41.3 Å². The second-order valence-electron chi connectivity index (χ2n) is 7.19. The molecule has 1 aliphatic rings. The molecule has 8 heteroatoms. The second-order valence-corrected chi connectivity index (χ2v) is 7.19. The number of nitrogens with two attached hydrogens (primary N) is 1. The van der Waals surface area contributed by atoms with E-state index in [0.717, 1.165) is 11.3 Å². The number of nitrogen functional groups attached to an aromatic ring is 1. The Kier molecular flexibility index (Phi) is 4.46. The predicted molar refractivity (Wildman–Crippen MR) is 113 cm³/mol. The van der Waals surface area contributed by atoms with Crippen LogP contribution in [0.5, 0.6) is 11.5 Å². The molecule has 0 aliphatic carbocycles. The minimum atomic E-state index is -1.22. The van der Waals surface area contributed by atoms with Crippen molar-refractivity contribution < 1.29 is 10.5 Å². The number of anilines is 1. The highest BCUT2D eigenvalue weighted by Gasteiger charge is 2.30. The fraction of sp³-hybridized carbons (Fsp3) is 0.227. The summed E-state index contributed by atoms with van der Waals surface area (Å²) in [4.78, 5) is 8.46. The van der Waals surface area contributed by atoms with Crippen LogP contribution in [0.2, 0.25) is 1.41 Å². The van der Waals surface area contributed by atoms with Gasteiger partial charge in [-0.1, -0.05) is 18.2 Å². The zero-order valence-corrected chi connectivity index (χ0v) is 16.1. The number of nitrogens with one attached hydrogen (secondary N) is 1. The predicted octanol–water partition coefficient (Wildman–Crippen LogP) is 3.74. The van der Waals surface area contributed by atoms with E-state index in [1.807, 2.05) is 54.6 Å². The van der Waals surface area contributed by atoms with Crippen LogP contribution in [0.15, 0.2) is 60.9 Å². The van der Waals surface area contributed by atoms with E-state index < -0.39 is 12.2 Å². The first-order valence-corrected chi connectivity index (χ1v) is 9.80. The number of fused-ring (bicyclic) bond motifs is 1. The van der Waals surface area contributed by atoms with Crippen molar-refractivity contribution in [1.82, 2.24) is 25.1 Å². The lowest BCUT2D eigenvalue weighted by Crippen LogP contribution is -2.39. The fourth-order valence-electron chi connectivity index (χ4n) is 3.75. The summed E-state index contributed by atoms with van der Waals surface area (Å²) in [5.41, 5.74) is 8.06. The van der Waals surface area contributed by atoms with Crippen molar-refractivity contribution in [3.8, 4) is 22.8 Å². The highest BCUT2D eigenvalue weighted by molar-refractivity contribution is 5.98. The molecule has 2 atom stereocenters. The number of aromatic nitrogens is 4. The number of halogens is 1. The van der Waals surface area contributed by atoms with E-state index in [9.17, 15) is 4.39 Å². The minimum absolute atomic E-state index is 0.0352. The van der Waals surface area contributed by atoms with Crippen LogP contribution in [-0.4, -0.2) is 39.0 Å². The van der Waals surface area contributed by atoms with Crippen LogP contribution in [0, 0.1) is 0 Å². The van der Waals surface area contributed by atoms with Gasteiger partial charge in [0.15, 0.2) is 5.65 Å². The Balaban J connectivity index is 1.53. The zero-order valence-electron chi connectivity index (χ0n) is 17.1. The first-order chi connectivity index (χ1) is 15.1. The van der Waals surface area contributed by atoms with Crippen LogP contribution in [0.1, 0.15) is 12.5 Å². The quantitative estimate of drug-likeness (QED) is 0.538. The highest BCUT2D eigenvalue weighted by atomic mass is 19.1. The van der Waals surface area contributed by atoms with Gasteiger partial charge in [0, 0.05) is 12.1 Å². The molecule has 2 aromatic heterocycles. The Morgan fingerprint density at radius 2 is 1.87 bits per heavy atom. The van der Waals surface area contributed by atoms with Crippen molar-refractivity contribution >= 4 is 16.9 Å². The first kappa shape index (κ1) is 17.3. The summed E-state index contributed by atoms with van der Waals surface area (Å²) in [6, 6.07) is 16.5. The maximum atomic E-state index is 14.8. The van der Waals surface area contributed by atoms with Crippen LogP contribution < -0.4 is 15.8 Å². The minimum Gasteiger partial charge on any atom is -0.457 e. The molecular formula is C22H21FN6O. The van der Waals surface area contributed by atoms with Crippen molar-refractivity contribution in [2.75, 3.05) is 18.8 Å². The van der Waals surface area contributed by atoms with E-state index in [-0.39, 0.29) is 6.54 Å². The average Bonchev–Trinajstić information content (AvgIpc) is 3.16. The standard InChI is InChI=1S/C22H21FN6O/c23-17-12-25-11-10-18(17)29-22-19(21(24)26-13-27-22)20(28-29)14-6-8-16(9-7-14)30-15-4-2-1-3-5-15/h1-9,13,17-18,25H,10-12H2,(H2,24,26,27)/i/hD. The van der Waals surface area contributed by atoms with Crippen LogP contribution in [0.4, 0.5) is 10.2 Å². The van der Waals surface area contributed by atoms with Crippen LogP contribution in [0.25, 0.3) is 22.3 Å². The molecule has 5 rings (SSSR count). The summed E-state index contributed by atoms with van der Waals surface area (Å²) in [7, 11) is 0. The van der Waals surface area contributed by atoms with Gasteiger partial charge in [0.25, 0.3) is 0 Å². The molecule has 0 amide bonds. The third-order valence-corrected chi connectivity index (χ3v) is 5.24. The molecule has 2 unspecified atom stereocenters. The molecule has 4 aromatic rings. The van der Waals surface area contributed by atoms with Gasteiger partial charge in [0.2, 0.25) is 0 Å². The van der Waals surface area contributed by atoms with Gasteiger partial charge in [-0.3, -0.25) is 0 Å². The lowest BCUT2D eigenvalue weighted by Gasteiger charge is -2.27. The Morgan fingerprint density at radius 3 is 2.63 bits per heavy atom. The molecule has 7 nitrogen and oxygen atoms in total. The van der Waals surface area contributed by atoms with Crippen molar-refractivity contribution in [2.45, 2.75) is 18.6 Å². The number of benzene rings is 2. The Labute approximate surface area is 174 Å². The molecule has 152 valence electrons. The number of ether oxygens (including phenoxy) is 1. The molecule has 1 saturated heterocycles. The lowest BCUT2D eigenvalue weighted by atomic mass is 10.1. The number of piperidine rings is 1. The second kappa shape index (κ2) is 7.72. The van der Waals surface area contributed by atoms with Gasteiger partial charge in [0.1, 0.15) is 36.9 Å². The van der Waals surface area contributed by atoms with Gasteiger partial charge in [-0.15, -0.1) is 0 Å². The Morgan fingerprint density at radius 1 is 1.10 bits per heavy atom. The molecule has 0 spiro atoms. The van der Waals surface area contributed by atoms with Gasteiger partial charge >= 0.3 is 0 Å². The monoisotopic (exact) mass is 405 g/mol. The number of nitrogens with zero attached hydrogens (tertiary/aromatic N) is 4. The number of hydrogen-bond donors (Lipinski definition) is 2. The number of alkyl halides is 1. The van der Waals surface area contributed by atoms with Crippen molar-refractivity contribution in [3.05, 3.63) is 60.9 Å². The van der Waals surface area contributed by atoms with Gasteiger partial charge < -0.3 is 15.8 Å². The summed E-state index contributed by atoms with van der Waals surface area (Å²) < 4.78 is 29.9. The van der Waals surface area contributed by atoms with Crippen molar-refractivity contribution in [1.29, 1.82) is 0 Å². The molecule has 3 heterocycles. The Bertz CT molecular complexity index is 1200. The summed E-state index contributed by atoms with van der Waals surface area (Å²) >= 11 is 0. The van der Waals surface area contributed by atoms with E-state index >= 15 is 0 Å². The SMILES string of the molecule is [2H]N1CCC(n2nc(-c3ccc(Oc4ccccc4)cc3)c3c(N)ncnc32)C(F)C1. The number of rotatable bonds is 4. The fourth-order valence-corrected chi connectivity index (χ4v) is 3.75. The van der Waals surface area contributed by atoms with E-state index in [1.165, 1.54) is 11.6 Å². The van der Waals surface area contributed by atoms with Crippen molar-refractivity contribution in [2.24, 2.45) is 0 Å². The average molecular weight is 405 g/mol. The zero-order chi connectivity index (χ0) is 21.4. The van der Waals surface area contributed by atoms with Crippen molar-refractivity contribution in [3.63, 3.8) is 0 Å². The molecule has 3 N–H and O–H groups in total. The van der Waals surface area contributed by atoms with E-state index in [2.05, 4.69) is 9.97 Å². The molecular weight excluding hydrogens is 383 g/mol. The molecule has 0 radical (unpaired) electrons. The molecule has 2 aromatic carbocycles. The van der Waals surface area contributed by atoms with Gasteiger partial charge in [-0.25, -0.2) is 19.0 Å². The topological polar surface area (TPSA) is 90.9 Å². The molecule has 1 aliphatic heterocycles. The van der Waals surface area contributed by atoms with E-state index in [1.54, 1.807) is 4.68 Å². The first-order valence-electron chi connectivity index (χ1n) is 10.2. The van der Waals surface area contributed by atoms with Gasteiger partial charge in [-0.2, -0.15) is 5.10 Å². The lowest BCUT2D eigenvalue weighted by molar-refractivity contribution is 0.176. The third kappa shape index (κ3) is 3.35. The van der Waals surface area contributed by atoms with Crippen LogP contribution in [0.3, 0.4) is 0 Å².